The Bertz CT molecular complexity index is 399. The summed E-state index contributed by atoms with van der Waals surface area (Å²) in [5.74, 6) is -3.72. The third-order valence-electron chi connectivity index (χ3n) is 1.13. The predicted octanol–water partition coefficient (Wildman–Crippen LogP) is -4.55. The Morgan fingerprint density at radius 1 is 1.11 bits per heavy atom. The molecule has 0 spiro atoms. The Kier molecular flexibility index (Phi) is 20.1. The summed E-state index contributed by atoms with van der Waals surface area (Å²) in [6, 6.07) is 0. The van der Waals surface area contributed by atoms with Gasteiger partial charge in [0, 0.05) is 17.1 Å². The van der Waals surface area contributed by atoms with Gasteiger partial charge in [-0.15, -0.1) is 0 Å². The van der Waals surface area contributed by atoms with Crippen LogP contribution in [0.5, 0.6) is 0 Å². The molecule has 19 heavy (non-hydrogen) atoms. The number of ether oxygens (including phenoxy) is 1. The molecule has 0 saturated carbocycles. The normalized spacial score (nSPS) is 12.4. The Labute approximate surface area is 182 Å². The first-order valence-corrected chi connectivity index (χ1v) is 4.76. The Morgan fingerprint density at radius 2 is 1.47 bits per heavy atom. The minimum absolute atomic E-state index is 0. The van der Waals surface area contributed by atoms with E-state index in [1.807, 2.05) is 0 Å². The van der Waals surface area contributed by atoms with Crippen molar-refractivity contribution in [2.45, 2.75) is 12.2 Å². The molecule has 0 aromatic heterocycles. The summed E-state index contributed by atoms with van der Waals surface area (Å²) in [7, 11) is -5.18. The number of esters is 1. The fourth-order valence-corrected chi connectivity index (χ4v) is 0.834. The number of aliphatic hydroxyl groups excluding tert-OH is 2. The van der Waals surface area contributed by atoms with Crippen LogP contribution < -0.4 is 0 Å². The van der Waals surface area contributed by atoms with E-state index < -0.39 is 34.5 Å². The first-order chi connectivity index (χ1) is 7.19. The third kappa shape index (κ3) is 13.0. The van der Waals surface area contributed by atoms with Crippen LogP contribution in [0.4, 0.5) is 0 Å². The second kappa shape index (κ2) is 13.3. The second-order valence-corrected chi connectivity index (χ2v) is 3.28. The molecule has 0 aromatic carbocycles. The first kappa shape index (κ1) is 28.7. The molecule has 2 atom stereocenters. The van der Waals surface area contributed by atoms with Gasteiger partial charge >= 0.3 is 110 Å². The van der Waals surface area contributed by atoms with Crippen molar-refractivity contribution in [2.75, 3.05) is 0 Å². The Morgan fingerprint density at radius 3 is 1.79 bits per heavy atom. The van der Waals surface area contributed by atoms with Crippen molar-refractivity contribution in [1.29, 1.82) is 0 Å². The van der Waals surface area contributed by atoms with E-state index in [4.69, 9.17) is 14.8 Å². The monoisotopic (exact) mass is 385 g/mol. The summed E-state index contributed by atoms with van der Waals surface area (Å²) in [5.41, 5.74) is 0. The summed E-state index contributed by atoms with van der Waals surface area (Å²) in [5, 5.41) is 17.7. The van der Waals surface area contributed by atoms with E-state index in [9.17, 15) is 22.8 Å². The Balaban J connectivity index is -0.000000375. The number of carbonyl (C=O) groups is 3. The molecule has 0 heterocycles. The van der Waals surface area contributed by atoms with E-state index in [0.717, 1.165) is 0 Å². The number of aliphatic hydroxyl groups is 2. The summed E-state index contributed by atoms with van der Waals surface area (Å²) >= 11 is 0. The molecule has 0 aliphatic carbocycles. The van der Waals surface area contributed by atoms with Crippen LogP contribution >= 0.6 is 0 Å². The van der Waals surface area contributed by atoms with Crippen molar-refractivity contribution in [3.8, 4) is 0 Å². The average molecular weight is 386 g/mol. The molecule has 0 aliphatic heterocycles. The number of rotatable bonds is 5. The summed E-state index contributed by atoms with van der Waals surface area (Å²) < 4.78 is 34.8. The molecule has 107 valence electrons. The van der Waals surface area contributed by atoms with Crippen molar-refractivity contribution < 1.29 is 63.6 Å². The molecule has 0 amide bonds. The molecule has 0 rings (SSSR count). The zero-order chi connectivity index (χ0) is 12.9. The van der Waals surface area contributed by atoms with Crippen molar-refractivity contribution in [3.63, 3.8) is 0 Å². The van der Waals surface area contributed by atoms with Crippen LogP contribution in [-0.4, -0.2) is 135 Å². The third-order valence-corrected chi connectivity index (χ3v) is 1.51. The molecular weight excluding hydrogens is 378 g/mol. The van der Waals surface area contributed by atoms with E-state index in [1.54, 1.807) is 0 Å². The predicted molar refractivity (Wildman–Crippen MR) is 56.1 cm³/mol. The first-order valence-electron chi connectivity index (χ1n) is 3.40. The van der Waals surface area contributed by atoms with Crippen molar-refractivity contribution in [1.82, 2.24) is 0 Å². The zero-order valence-corrected chi connectivity index (χ0v) is 9.40. The van der Waals surface area contributed by atoms with E-state index in [0.29, 0.717) is 0 Å². The average Bonchev–Trinajstić information content (AvgIpc) is 2.13. The molecule has 14 heteroatoms. The van der Waals surface area contributed by atoms with Gasteiger partial charge in [0.2, 0.25) is 0 Å². The van der Waals surface area contributed by atoms with Gasteiger partial charge in [-0.2, -0.15) is 8.42 Å². The molecule has 0 aromatic rings. The molecule has 1 radical (unpaired) electrons. The molecular formula is C5H8CuKNaO10S. The van der Waals surface area contributed by atoms with Gasteiger partial charge in [-0.25, -0.2) is 9.59 Å². The van der Waals surface area contributed by atoms with Gasteiger partial charge in [0.05, 0.1) is 0 Å². The second-order valence-electron chi connectivity index (χ2n) is 2.25. The molecule has 0 aliphatic rings. The molecule has 0 saturated heterocycles. The summed E-state index contributed by atoms with van der Waals surface area (Å²) in [6.45, 7) is -0.383. The van der Waals surface area contributed by atoms with Crippen LogP contribution in [0.15, 0.2) is 0 Å². The molecule has 0 bridgehead atoms. The fraction of sp³-hybridized carbons (Fsp3) is 0.400. The van der Waals surface area contributed by atoms with Gasteiger partial charge in [-0.05, 0) is 0 Å². The van der Waals surface area contributed by atoms with Gasteiger partial charge in [-0.1, -0.05) is 0 Å². The maximum absolute atomic E-state index is 10.6. The summed E-state index contributed by atoms with van der Waals surface area (Å²) in [6.07, 6.45) is -5.16. The number of hydrogen-bond acceptors (Lipinski definition) is 9. The standard InChI is InChI=1S/C5H6O10S.Cu.K.Na.2H/c6-1-14-4(9)2(7)3(8)5(10)15-16(11,12)13;;;;;/h1-3,7-8H,(H,11,12,13);;;;;. The maximum atomic E-state index is 10.6. The van der Waals surface area contributed by atoms with Gasteiger partial charge in [0.1, 0.15) is 0 Å². The van der Waals surface area contributed by atoms with Crippen molar-refractivity contribution in [3.05, 3.63) is 0 Å². The van der Waals surface area contributed by atoms with Crippen LogP contribution in [0.1, 0.15) is 0 Å². The van der Waals surface area contributed by atoms with Crippen LogP contribution in [-0.2, 0) is 50.8 Å². The van der Waals surface area contributed by atoms with Crippen molar-refractivity contribution in [2.24, 2.45) is 0 Å². The number of carbonyl (C=O) groups excluding carboxylic acids is 3. The molecule has 0 fully saturated rings. The zero-order valence-electron chi connectivity index (χ0n) is 7.64. The van der Waals surface area contributed by atoms with Gasteiger partial charge in [0.25, 0.3) is 0 Å². The van der Waals surface area contributed by atoms with Crippen molar-refractivity contribution >= 4 is 110 Å². The fourth-order valence-electron chi connectivity index (χ4n) is 0.528. The SMILES string of the molecule is O=COC(=O)C(O)C(O)C(=O)OS(=O)(=O)O.[Cu].[KH].[NaH]. The molecule has 2 unspecified atom stereocenters. The van der Waals surface area contributed by atoms with E-state index in [1.165, 1.54) is 0 Å². The van der Waals surface area contributed by atoms with Gasteiger partial charge < -0.3 is 19.1 Å². The van der Waals surface area contributed by atoms with Crippen LogP contribution in [0.25, 0.3) is 0 Å². The number of hydrogen-bond donors (Lipinski definition) is 3. The van der Waals surface area contributed by atoms with Crippen LogP contribution in [0, 0.1) is 0 Å². The van der Waals surface area contributed by atoms with Gasteiger partial charge in [-0.3, -0.25) is 9.35 Å². The van der Waals surface area contributed by atoms with E-state index in [-0.39, 0.29) is 104 Å². The van der Waals surface area contributed by atoms with E-state index in [2.05, 4.69) is 8.92 Å². The molecule has 10 nitrogen and oxygen atoms in total. The topological polar surface area (TPSA) is 164 Å². The quantitative estimate of drug-likeness (QED) is 0.138. The van der Waals surface area contributed by atoms with E-state index >= 15 is 0 Å². The molecule has 3 N–H and O–H groups in total. The van der Waals surface area contributed by atoms with Gasteiger partial charge in [0.15, 0.2) is 12.2 Å². The minimum atomic E-state index is -5.18. The van der Waals surface area contributed by atoms with Crippen LogP contribution in [0.3, 0.4) is 0 Å². The Hall–Kier alpha value is 1.60. The summed E-state index contributed by atoms with van der Waals surface area (Å²) in [4.78, 5) is 30.9. The van der Waals surface area contributed by atoms with Crippen LogP contribution in [0.2, 0.25) is 0 Å².